The van der Waals surface area contributed by atoms with Gasteiger partial charge in [0.05, 0.1) is 11.8 Å². The van der Waals surface area contributed by atoms with E-state index in [1.807, 2.05) is 19.1 Å². The Labute approximate surface area is 198 Å². The molecule has 0 saturated carbocycles. The SMILES string of the molecule is C=C(C#N)/C=C(\C(=C)N1CCCC1)C(=C)N1CCN(c2ccc(C(=C)C)cc2F)CC1.CN. The molecular weight excluding hydrogens is 413 g/mol. The van der Waals surface area contributed by atoms with Crippen molar-refractivity contribution in [3.8, 4) is 6.07 Å². The number of allylic oxidation sites excluding steroid dienone is 3. The van der Waals surface area contributed by atoms with E-state index in [1.165, 1.54) is 7.05 Å². The van der Waals surface area contributed by atoms with Gasteiger partial charge in [-0.3, -0.25) is 0 Å². The summed E-state index contributed by atoms with van der Waals surface area (Å²) in [7, 11) is 1.50. The number of hydrogen-bond acceptors (Lipinski definition) is 5. The molecule has 2 aliphatic rings. The predicted octanol–water partition coefficient (Wildman–Crippen LogP) is 4.69. The lowest BCUT2D eigenvalue weighted by Gasteiger charge is -2.39. The van der Waals surface area contributed by atoms with E-state index in [4.69, 9.17) is 0 Å². The molecule has 0 unspecified atom stereocenters. The van der Waals surface area contributed by atoms with Crippen LogP contribution in [0.2, 0.25) is 0 Å². The van der Waals surface area contributed by atoms with E-state index in [9.17, 15) is 9.65 Å². The third-order valence-electron chi connectivity index (χ3n) is 6.01. The van der Waals surface area contributed by atoms with Gasteiger partial charge in [-0.15, -0.1) is 0 Å². The molecule has 0 spiro atoms. The summed E-state index contributed by atoms with van der Waals surface area (Å²) in [6, 6.07) is 7.40. The summed E-state index contributed by atoms with van der Waals surface area (Å²) in [5.41, 5.74) is 9.76. The van der Waals surface area contributed by atoms with E-state index in [2.05, 4.69) is 52.8 Å². The van der Waals surface area contributed by atoms with Crippen molar-refractivity contribution < 1.29 is 4.39 Å². The van der Waals surface area contributed by atoms with Crippen LogP contribution < -0.4 is 10.6 Å². The van der Waals surface area contributed by atoms with E-state index in [0.29, 0.717) is 37.4 Å². The zero-order valence-corrected chi connectivity index (χ0v) is 20.0. The molecule has 0 bridgehead atoms. The molecule has 2 heterocycles. The van der Waals surface area contributed by atoms with Crippen LogP contribution in [0.25, 0.3) is 5.57 Å². The Morgan fingerprint density at radius 1 is 0.970 bits per heavy atom. The van der Waals surface area contributed by atoms with Crippen LogP contribution in [0.15, 0.2) is 73.1 Å². The molecule has 1 aromatic carbocycles. The number of rotatable bonds is 7. The topological polar surface area (TPSA) is 59.5 Å². The molecule has 5 nitrogen and oxygen atoms in total. The first kappa shape index (κ1) is 26.0. The number of anilines is 1. The van der Waals surface area contributed by atoms with Gasteiger partial charge in [-0.25, -0.2) is 4.39 Å². The van der Waals surface area contributed by atoms with Gasteiger partial charge >= 0.3 is 0 Å². The van der Waals surface area contributed by atoms with Gasteiger partial charge in [-0.2, -0.15) is 5.26 Å². The zero-order chi connectivity index (χ0) is 24.5. The second kappa shape index (κ2) is 12.1. The van der Waals surface area contributed by atoms with Crippen molar-refractivity contribution in [3.05, 3.63) is 84.5 Å². The molecule has 6 heteroatoms. The maximum Gasteiger partial charge on any atom is 0.147 e. The Morgan fingerprint density at radius 3 is 2.00 bits per heavy atom. The van der Waals surface area contributed by atoms with E-state index in [-0.39, 0.29) is 5.82 Å². The monoisotopic (exact) mass is 449 g/mol. The smallest absolute Gasteiger partial charge is 0.147 e. The molecule has 0 aliphatic carbocycles. The van der Waals surface area contributed by atoms with Gasteiger partial charge in [0.1, 0.15) is 5.82 Å². The van der Waals surface area contributed by atoms with Gasteiger partial charge in [0.15, 0.2) is 0 Å². The number of nitrogens with two attached hydrogens (primary N) is 1. The fourth-order valence-electron chi connectivity index (χ4n) is 4.11. The van der Waals surface area contributed by atoms with E-state index < -0.39 is 0 Å². The van der Waals surface area contributed by atoms with Gasteiger partial charge in [-0.05, 0) is 50.6 Å². The minimum absolute atomic E-state index is 0.221. The average Bonchev–Trinajstić information content (AvgIpc) is 3.38. The van der Waals surface area contributed by atoms with Gasteiger partial charge < -0.3 is 20.4 Å². The van der Waals surface area contributed by atoms with Crippen molar-refractivity contribution in [1.82, 2.24) is 9.80 Å². The lowest BCUT2D eigenvalue weighted by atomic mass is 10.0. The van der Waals surface area contributed by atoms with Crippen molar-refractivity contribution in [1.29, 1.82) is 5.26 Å². The van der Waals surface area contributed by atoms with Crippen molar-refractivity contribution in [2.24, 2.45) is 5.73 Å². The minimum atomic E-state index is -0.221. The predicted molar refractivity (Wildman–Crippen MR) is 137 cm³/mol. The number of piperazine rings is 1. The Hall–Kier alpha value is -3.30. The first-order valence-electron chi connectivity index (χ1n) is 11.3. The van der Waals surface area contributed by atoms with E-state index >= 15 is 0 Å². The number of benzene rings is 1. The molecule has 2 fully saturated rings. The number of nitrogens with zero attached hydrogens (tertiary/aromatic N) is 4. The minimum Gasteiger partial charge on any atom is -0.371 e. The molecule has 176 valence electrons. The molecule has 2 aliphatic heterocycles. The second-order valence-electron chi connectivity index (χ2n) is 8.20. The maximum atomic E-state index is 14.7. The maximum absolute atomic E-state index is 14.7. The Kier molecular flexibility index (Phi) is 9.50. The summed E-state index contributed by atoms with van der Waals surface area (Å²) in [4.78, 5) is 6.50. The summed E-state index contributed by atoms with van der Waals surface area (Å²) in [6.45, 7) is 22.9. The van der Waals surface area contributed by atoms with Crippen LogP contribution in [0, 0.1) is 17.1 Å². The number of halogens is 1. The normalized spacial score (nSPS) is 16.0. The first-order chi connectivity index (χ1) is 15.8. The lowest BCUT2D eigenvalue weighted by molar-refractivity contribution is 0.323. The Morgan fingerprint density at radius 2 is 1.52 bits per heavy atom. The highest BCUT2D eigenvalue weighted by atomic mass is 19.1. The van der Waals surface area contributed by atoms with Gasteiger partial charge in [-0.1, -0.05) is 38.0 Å². The highest BCUT2D eigenvalue weighted by Crippen LogP contribution is 2.29. The largest absolute Gasteiger partial charge is 0.371 e. The highest BCUT2D eigenvalue weighted by molar-refractivity contribution is 5.64. The van der Waals surface area contributed by atoms with E-state index in [1.54, 1.807) is 12.1 Å². The molecule has 2 N–H and O–H groups in total. The quantitative estimate of drug-likeness (QED) is 0.484. The average molecular weight is 450 g/mol. The fraction of sp³-hybridized carbons (Fsp3) is 0.370. The van der Waals surface area contributed by atoms with Crippen molar-refractivity contribution in [2.45, 2.75) is 19.8 Å². The first-order valence-corrected chi connectivity index (χ1v) is 11.3. The number of nitriles is 1. The van der Waals surface area contributed by atoms with Gasteiger partial charge in [0.25, 0.3) is 0 Å². The summed E-state index contributed by atoms with van der Waals surface area (Å²) in [5.74, 6) is -0.221. The molecule has 3 rings (SSSR count). The summed E-state index contributed by atoms with van der Waals surface area (Å²) >= 11 is 0. The van der Waals surface area contributed by atoms with Crippen molar-refractivity contribution in [3.63, 3.8) is 0 Å². The van der Waals surface area contributed by atoms with Crippen molar-refractivity contribution >= 4 is 11.3 Å². The molecule has 0 aromatic heterocycles. The van der Waals surface area contributed by atoms with Crippen LogP contribution in [0.3, 0.4) is 0 Å². The van der Waals surface area contributed by atoms with Crippen LogP contribution in [0.1, 0.15) is 25.3 Å². The molecule has 0 radical (unpaired) electrons. The molecule has 33 heavy (non-hydrogen) atoms. The number of hydrogen-bond donors (Lipinski definition) is 1. The number of likely N-dealkylation sites (tertiary alicyclic amines) is 1. The van der Waals surface area contributed by atoms with Crippen molar-refractivity contribution in [2.75, 3.05) is 51.2 Å². The highest BCUT2D eigenvalue weighted by Gasteiger charge is 2.25. The molecule has 0 atom stereocenters. The summed E-state index contributed by atoms with van der Waals surface area (Å²) in [5, 5.41) is 9.24. The van der Waals surface area contributed by atoms with Crippen LogP contribution in [0.5, 0.6) is 0 Å². The second-order valence-corrected chi connectivity index (χ2v) is 8.20. The zero-order valence-electron chi connectivity index (χ0n) is 20.0. The molecular formula is C27H36FN5. The van der Waals surface area contributed by atoms with Gasteiger partial charge in [0.2, 0.25) is 0 Å². The Balaban J connectivity index is 0.00000187. The third-order valence-corrected chi connectivity index (χ3v) is 6.01. The third kappa shape index (κ3) is 6.36. The van der Waals surface area contributed by atoms with Gasteiger partial charge in [0, 0.05) is 61.8 Å². The Bertz CT molecular complexity index is 971. The fourth-order valence-corrected chi connectivity index (χ4v) is 4.11. The lowest BCUT2D eigenvalue weighted by Crippen LogP contribution is -2.46. The van der Waals surface area contributed by atoms with Crippen LogP contribution in [-0.2, 0) is 0 Å². The summed E-state index contributed by atoms with van der Waals surface area (Å²) in [6.07, 6.45) is 4.07. The van der Waals surface area contributed by atoms with Crippen LogP contribution in [0.4, 0.5) is 10.1 Å². The molecule has 1 aromatic rings. The van der Waals surface area contributed by atoms with Crippen LogP contribution >= 0.6 is 0 Å². The van der Waals surface area contributed by atoms with Crippen LogP contribution in [-0.4, -0.2) is 56.1 Å². The van der Waals surface area contributed by atoms with E-state index in [0.717, 1.165) is 54.0 Å². The standard InChI is InChI=1S/C26H31FN4.CH5N/c1-19(2)23-8-9-26(25(27)17-23)31-14-12-30(13-15-31)22(5)24(16-20(3)18-28)21(4)29-10-6-7-11-29;1-2/h8-9,16-17H,1,3-7,10-15H2,2H3;2H2,1H3/b24-16+;. The molecule has 2 saturated heterocycles. The summed E-state index contributed by atoms with van der Waals surface area (Å²) < 4.78 is 14.7. The molecule has 0 amide bonds.